The maximum Gasteiger partial charge on any atom is 0.264 e. The normalized spacial score (nSPS) is 11.9. The molecule has 39 heavy (non-hydrogen) atoms. The summed E-state index contributed by atoms with van der Waals surface area (Å²) in [6, 6.07) is 17.4. The topological polar surface area (TPSA) is 96.0 Å². The summed E-state index contributed by atoms with van der Waals surface area (Å²) in [5.41, 5.74) is 1.90. The van der Waals surface area contributed by atoms with Gasteiger partial charge in [0.25, 0.3) is 10.0 Å². The molecule has 10 heteroatoms. The van der Waals surface area contributed by atoms with Crippen molar-refractivity contribution in [3.05, 3.63) is 89.7 Å². The van der Waals surface area contributed by atoms with Crippen LogP contribution in [0.3, 0.4) is 0 Å². The molecule has 0 saturated carbocycles. The molecule has 0 radical (unpaired) electrons. The third-order valence-corrected chi connectivity index (χ3v) is 8.00. The number of amides is 2. The second-order valence-corrected chi connectivity index (χ2v) is 10.9. The highest BCUT2D eigenvalue weighted by atomic mass is 32.2. The van der Waals surface area contributed by atoms with Crippen molar-refractivity contribution in [1.82, 2.24) is 10.2 Å². The fraction of sp³-hybridized carbons (Fsp3) is 0.310. The van der Waals surface area contributed by atoms with Crippen molar-refractivity contribution in [2.24, 2.45) is 0 Å². The number of rotatable bonds is 12. The number of nitrogens with zero attached hydrogens (tertiary/aromatic N) is 2. The molecule has 3 aromatic carbocycles. The van der Waals surface area contributed by atoms with Crippen molar-refractivity contribution in [3.63, 3.8) is 0 Å². The van der Waals surface area contributed by atoms with Crippen LogP contribution in [0.4, 0.5) is 10.1 Å². The van der Waals surface area contributed by atoms with Crippen LogP contribution < -0.4 is 14.4 Å². The standard InChI is InChI=1S/C29H34FN3O5S/c1-5-27(29(35)31-6-2)32(19-22-9-7-8-21(3)18-22)28(34)20-33(24-12-10-23(30)11-13-24)39(36,37)26-16-14-25(38-4)15-17-26/h7-18,27H,5-6,19-20H2,1-4H3,(H,31,35)/t27-/m0/s1. The zero-order valence-electron chi connectivity index (χ0n) is 22.6. The van der Waals surface area contributed by atoms with Crippen LogP contribution in [0.15, 0.2) is 77.7 Å². The largest absolute Gasteiger partial charge is 0.497 e. The van der Waals surface area contributed by atoms with Gasteiger partial charge in [-0.25, -0.2) is 12.8 Å². The number of aryl methyl sites for hydroxylation is 1. The Bertz CT molecular complexity index is 1380. The van der Waals surface area contributed by atoms with Crippen molar-refractivity contribution >= 4 is 27.5 Å². The molecule has 3 rings (SSSR count). The first kappa shape index (κ1) is 29.6. The highest BCUT2D eigenvalue weighted by molar-refractivity contribution is 7.92. The molecule has 0 fully saturated rings. The number of ether oxygens (including phenoxy) is 1. The fourth-order valence-corrected chi connectivity index (χ4v) is 5.64. The molecule has 0 saturated heterocycles. The molecule has 3 aromatic rings. The Hall–Kier alpha value is -3.92. The summed E-state index contributed by atoms with van der Waals surface area (Å²) < 4.78 is 47.4. The third-order valence-electron chi connectivity index (χ3n) is 6.21. The van der Waals surface area contributed by atoms with Crippen LogP contribution in [0, 0.1) is 12.7 Å². The first-order chi connectivity index (χ1) is 18.6. The van der Waals surface area contributed by atoms with Gasteiger partial charge in [0.05, 0.1) is 17.7 Å². The van der Waals surface area contributed by atoms with Crippen LogP contribution in [0.2, 0.25) is 0 Å². The lowest BCUT2D eigenvalue weighted by Crippen LogP contribution is -2.52. The number of benzene rings is 3. The quantitative estimate of drug-likeness (QED) is 0.360. The van der Waals surface area contributed by atoms with Gasteiger partial charge in [0.15, 0.2) is 0 Å². The van der Waals surface area contributed by atoms with E-state index in [-0.39, 0.29) is 23.0 Å². The highest BCUT2D eigenvalue weighted by Crippen LogP contribution is 2.26. The molecule has 8 nitrogen and oxygen atoms in total. The van der Waals surface area contributed by atoms with Gasteiger partial charge in [-0.2, -0.15) is 0 Å². The number of carbonyl (C=O) groups is 2. The van der Waals surface area contributed by atoms with E-state index < -0.39 is 34.3 Å². The maximum absolute atomic E-state index is 13.9. The molecular weight excluding hydrogens is 521 g/mol. The van der Waals surface area contributed by atoms with Gasteiger partial charge in [-0.1, -0.05) is 36.8 Å². The first-order valence-electron chi connectivity index (χ1n) is 12.7. The van der Waals surface area contributed by atoms with Gasteiger partial charge in [-0.3, -0.25) is 13.9 Å². The zero-order chi connectivity index (χ0) is 28.6. The van der Waals surface area contributed by atoms with Crippen LogP contribution in [-0.2, 0) is 26.2 Å². The number of hydrogen-bond acceptors (Lipinski definition) is 5. The average molecular weight is 556 g/mol. The van der Waals surface area contributed by atoms with Crippen LogP contribution in [0.5, 0.6) is 5.75 Å². The molecule has 0 unspecified atom stereocenters. The van der Waals surface area contributed by atoms with E-state index in [9.17, 15) is 22.4 Å². The SMILES string of the molecule is CCNC(=O)[C@H](CC)N(Cc1cccc(C)c1)C(=O)CN(c1ccc(F)cc1)S(=O)(=O)c1ccc(OC)cc1. The van der Waals surface area contributed by atoms with Crippen molar-refractivity contribution in [2.75, 3.05) is 24.5 Å². The van der Waals surface area contributed by atoms with Crippen LogP contribution in [0.25, 0.3) is 0 Å². The Morgan fingerprint density at radius 2 is 1.67 bits per heavy atom. The number of likely N-dealkylation sites (N-methyl/N-ethyl adjacent to an activating group) is 1. The van der Waals surface area contributed by atoms with Gasteiger partial charge in [0.2, 0.25) is 11.8 Å². The van der Waals surface area contributed by atoms with Crippen molar-refractivity contribution in [1.29, 1.82) is 0 Å². The number of hydrogen-bond donors (Lipinski definition) is 1. The summed E-state index contributed by atoms with van der Waals surface area (Å²) in [4.78, 5) is 28.2. The predicted molar refractivity (Wildman–Crippen MR) is 148 cm³/mol. The van der Waals surface area contributed by atoms with Gasteiger partial charge in [0.1, 0.15) is 24.2 Å². The number of halogens is 1. The molecule has 0 aliphatic carbocycles. The van der Waals surface area contributed by atoms with Crippen LogP contribution in [0.1, 0.15) is 31.4 Å². The lowest BCUT2D eigenvalue weighted by molar-refractivity contribution is -0.140. The molecule has 208 valence electrons. The number of carbonyl (C=O) groups excluding carboxylic acids is 2. The van der Waals surface area contributed by atoms with Crippen LogP contribution >= 0.6 is 0 Å². The number of sulfonamides is 1. The van der Waals surface area contributed by atoms with E-state index in [1.807, 2.05) is 31.2 Å². The summed E-state index contributed by atoms with van der Waals surface area (Å²) in [6.45, 7) is 5.40. The Morgan fingerprint density at radius 3 is 2.23 bits per heavy atom. The Labute approximate surface area is 229 Å². The second kappa shape index (κ2) is 13.2. The smallest absolute Gasteiger partial charge is 0.264 e. The molecular formula is C29H34FN3O5S. The van der Waals surface area contributed by atoms with Gasteiger partial charge in [-0.15, -0.1) is 0 Å². The molecule has 1 N–H and O–H groups in total. The molecule has 0 spiro atoms. The minimum atomic E-state index is -4.26. The Morgan fingerprint density at radius 1 is 1.00 bits per heavy atom. The third kappa shape index (κ3) is 7.35. The van der Waals surface area contributed by atoms with Gasteiger partial charge in [0, 0.05) is 13.1 Å². The molecule has 2 amide bonds. The van der Waals surface area contributed by atoms with Crippen molar-refractivity contribution < 1.29 is 27.1 Å². The molecule has 0 heterocycles. The summed E-state index contributed by atoms with van der Waals surface area (Å²) in [5.74, 6) is -0.978. The molecule has 0 aromatic heterocycles. The monoisotopic (exact) mass is 555 g/mol. The van der Waals surface area contributed by atoms with E-state index in [1.165, 1.54) is 48.4 Å². The highest BCUT2D eigenvalue weighted by Gasteiger charge is 2.33. The summed E-state index contributed by atoms with van der Waals surface area (Å²) >= 11 is 0. The van der Waals surface area contributed by atoms with E-state index in [0.717, 1.165) is 27.6 Å². The molecule has 0 aliphatic rings. The zero-order valence-corrected chi connectivity index (χ0v) is 23.4. The predicted octanol–water partition coefficient (Wildman–Crippen LogP) is 4.28. The summed E-state index contributed by atoms with van der Waals surface area (Å²) in [6.07, 6.45) is 0.325. The maximum atomic E-state index is 13.9. The van der Waals surface area contributed by atoms with Gasteiger partial charge in [-0.05, 0) is 74.4 Å². The lowest BCUT2D eigenvalue weighted by Gasteiger charge is -2.33. The van der Waals surface area contributed by atoms with Crippen molar-refractivity contribution in [3.8, 4) is 5.75 Å². The van der Waals surface area contributed by atoms with Gasteiger partial charge < -0.3 is 15.0 Å². The van der Waals surface area contributed by atoms with Gasteiger partial charge >= 0.3 is 0 Å². The first-order valence-corrected chi connectivity index (χ1v) is 14.1. The minimum absolute atomic E-state index is 0.0681. The number of methoxy groups -OCH3 is 1. The minimum Gasteiger partial charge on any atom is -0.497 e. The summed E-state index contributed by atoms with van der Waals surface area (Å²) in [7, 11) is -2.79. The van der Waals surface area contributed by atoms with Crippen molar-refractivity contribution in [2.45, 2.75) is 44.7 Å². The number of anilines is 1. The summed E-state index contributed by atoms with van der Waals surface area (Å²) in [5, 5.41) is 2.77. The Kier molecular flexibility index (Phi) is 10.1. The van der Waals surface area contributed by atoms with Crippen LogP contribution in [-0.4, -0.2) is 51.4 Å². The fourth-order valence-electron chi connectivity index (χ4n) is 4.23. The van der Waals surface area contributed by atoms with E-state index in [0.29, 0.717) is 18.7 Å². The Balaban J connectivity index is 2.05. The number of nitrogens with one attached hydrogen (secondary N) is 1. The average Bonchev–Trinajstić information content (AvgIpc) is 2.92. The molecule has 0 bridgehead atoms. The molecule has 0 aliphatic heterocycles. The molecule has 1 atom stereocenters. The van der Waals surface area contributed by atoms with E-state index in [4.69, 9.17) is 4.74 Å². The lowest BCUT2D eigenvalue weighted by atomic mass is 10.1. The second-order valence-electron chi connectivity index (χ2n) is 8.99. The van der Waals surface area contributed by atoms with E-state index in [2.05, 4.69) is 5.32 Å². The van der Waals surface area contributed by atoms with E-state index in [1.54, 1.807) is 13.8 Å². The van der Waals surface area contributed by atoms with E-state index >= 15 is 0 Å².